The van der Waals surface area contributed by atoms with E-state index in [0.717, 1.165) is 6.54 Å². The zero-order valence-corrected chi connectivity index (χ0v) is 11.0. The van der Waals surface area contributed by atoms with Crippen molar-refractivity contribution < 1.29 is 4.79 Å². The molecule has 0 aromatic carbocycles. The molecule has 2 aromatic heterocycles. The Morgan fingerprint density at radius 3 is 2.79 bits per heavy atom. The summed E-state index contributed by atoms with van der Waals surface area (Å²) in [6, 6.07) is 6.59. The van der Waals surface area contributed by atoms with Crippen molar-refractivity contribution in [2.24, 2.45) is 0 Å². The average Bonchev–Trinajstić information content (AvgIpc) is 2.42. The molecule has 0 saturated heterocycles. The lowest BCUT2D eigenvalue weighted by molar-refractivity contribution is 0.102. The monoisotopic (exact) mass is 277 g/mol. The molecule has 2 N–H and O–H groups in total. The van der Waals surface area contributed by atoms with Crippen LogP contribution in [-0.2, 0) is 0 Å². The molecule has 0 spiro atoms. The maximum atomic E-state index is 11.9. The van der Waals surface area contributed by atoms with E-state index >= 15 is 0 Å². The quantitative estimate of drug-likeness (QED) is 0.896. The first-order valence-electron chi connectivity index (χ1n) is 5.70. The number of amides is 1. The van der Waals surface area contributed by atoms with Crippen molar-refractivity contribution in [2.45, 2.75) is 6.92 Å². The molecule has 0 aliphatic rings. The molecular weight excluding hydrogens is 266 g/mol. The Morgan fingerprint density at radius 1 is 1.32 bits per heavy atom. The third-order valence-electron chi connectivity index (χ3n) is 2.25. The largest absolute Gasteiger partial charge is 0.369 e. The number of anilines is 2. The maximum absolute atomic E-state index is 11.9. The van der Waals surface area contributed by atoms with Crippen molar-refractivity contribution in [1.82, 2.24) is 15.2 Å². The molecule has 0 radical (unpaired) electrons. The highest BCUT2D eigenvalue weighted by atomic mass is 35.5. The van der Waals surface area contributed by atoms with Crippen LogP contribution in [0.5, 0.6) is 0 Å². The first-order chi connectivity index (χ1) is 9.20. The molecule has 0 aliphatic carbocycles. The molecule has 2 rings (SSSR count). The number of carbonyl (C=O) groups is 1. The SMILES string of the molecule is CCNc1ccc(C(=O)Nc2ncccc2Cl)nn1. The van der Waals surface area contributed by atoms with Gasteiger partial charge in [-0.05, 0) is 31.2 Å². The minimum Gasteiger partial charge on any atom is -0.369 e. The van der Waals surface area contributed by atoms with Gasteiger partial charge in [-0.15, -0.1) is 10.2 Å². The van der Waals surface area contributed by atoms with Crippen LogP contribution in [0, 0.1) is 0 Å². The zero-order valence-electron chi connectivity index (χ0n) is 10.2. The molecule has 98 valence electrons. The summed E-state index contributed by atoms with van der Waals surface area (Å²) in [6.45, 7) is 2.69. The van der Waals surface area contributed by atoms with Crippen LogP contribution in [0.15, 0.2) is 30.5 Å². The minimum atomic E-state index is -0.406. The Bertz CT molecular complexity index is 573. The summed E-state index contributed by atoms with van der Waals surface area (Å²) in [5.74, 6) is 0.512. The van der Waals surface area contributed by atoms with Gasteiger partial charge in [0.2, 0.25) is 0 Å². The highest BCUT2D eigenvalue weighted by molar-refractivity contribution is 6.33. The van der Waals surface area contributed by atoms with Crippen LogP contribution in [0.2, 0.25) is 5.02 Å². The van der Waals surface area contributed by atoms with E-state index in [1.165, 1.54) is 0 Å². The van der Waals surface area contributed by atoms with Crippen molar-refractivity contribution in [1.29, 1.82) is 0 Å². The van der Waals surface area contributed by atoms with Crippen molar-refractivity contribution in [3.05, 3.63) is 41.2 Å². The average molecular weight is 278 g/mol. The highest BCUT2D eigenvalue weighted by Gasteiger charge is 2.11. The second-order valence-electron chi connectivity index (χ2n) is 3.62. The maximum Gasteiger partial charge on any atom is 0.277 e. The van der Waals surface area contributed by atoms with E-state index in [0.29, 0.717) is 16.7 Å². The molecule has 0 saturated carbocycles. The van der Waals surface area contributed by atoms with Gasteiger partial charge in [-0.2, -0.15) is 0 Å². The van der Waals surface area contributed by atoms with E-state index in [-0.39, 0.29) is 5.69 Å². The molecule has 19 heavy (non-hydrogen) atoms. The number of nitrogens with one attached hydrogen (secondary N) is 2. The predicted octanol–water partition coefficient (Wildman–Crippen LogP) is 2.21. The summed E-state index contributed by atoms with van der Waals surface area (Å²) in [5.41, 5.74) is 0.198. The Morgan fingerprint density at radius 2 is 2.16 bits per heavy atom. The lowest BCUT2D eigenvalue weighted by atomic mass is 10.3. The zero-order chi connectivity index (χ0) is 13.7. The van der Waals surface area contributed by atoms with Gasteiger partial charge < -0.3 is 10.6 Å². The second kappa shape index (κ2) is 6.10. The number of hydrogen-bond donors (Lipinski definition) is 2. The number of pyridine rings is 1. The summed E-state index contributed by atoms with van der Waals surface area (Å²) in [5, 5.41) is 13.6. The molecule has 0 unspecified atom stereocenters. The van der Waals surface area contributed by atoms with Gasteiger partial charge in [0.1, 0.15) is 5.82 Å². The minimum absolute atomic E-state index is 0.198. The summed E-state index contributed by atoms with van der Waals surface area (Å²) >= 11 is 5.90. The van der Waals surface area contributed by atoms with Crippen LogP contribution in [0.25, 0.3) is 0 Å². The van der Waals surface area contributed by atoms with Gasteiger partial charge in [-0.25, -0.2) is 4.98 Å². The topological polar surface area (TPSA) is 79.8 Å². The molecule has 0 fully saturated rings. The van der Waals surface area contributed by atoms with Crippen LogP contribution in [-0.4, -0.2) is 27.6 Å². The van der Waals surface area contributed by atoms with Gasteiger partial charge in [0.15, 0.2) is 11.5 Å². The molecule has 0 bridgehead atoms. The number of carbonyl (C=O) groups excluding carboxylic acids is 1. The summed E-state index contributed by atoms with van der Waals surface area (Å²) < 4.78 is 0. The van der Waals surface area contributed by atoms with Gasteiger partial charge in [0, 0.05) is 12.7 Å². The molecule has 2 heterocycles. The van der Waals surface area contributed by atoms with Crippen molar-refractivity contribution in [3.63, 3.8) is 0 Å². The van der Waals surface area contributed by atoms with Gasteiger partial charge >= 0.3 is 0 Å². The molecule has 0 aliphatic heterocycles. The number of halogens is 1. The van der Waals surface area contributed by atoms with E-state index in [1.807, 2.05) is 6.92 Å². The highest BCUT2D eigenvalue weighted by Crippen LogP contribution is 2.17. The van der Waals surface area contributed by atoms with E-state index < -0.39 is 5.91 Å². The second-order valence-corrected chi connectivity index (χ2v) is 4.03. The Kier molecular flexibility index (Phi) is 4.25. The smallest absolute Gasteiger partial charge is 0.277 e. The first kappa shape index (κ1) is 13.2. The number of aromatic nitrogens is 3. The summed E-state index contributed by atoms with van der Waals surface area (Å²) in [7, 11) is 0. The normalized spacial score (nSPS) is 10.0. The Balaban J connectivity index is 2.10. The van der Waals surface area contributed by atoms with Crippen LogP contribution < -0.4 is 10.6 Å². The van der Waals surface area contributed by atoms with Crippen LogP contribution >= 0.6 is 11.6 Å². The van der Waals surface area contributed by atoms with Crippen molar-refractivity contribution in [2.75, 3.05) is 17.2 Å². The standard InChI is InChI=1S/C12H12ClN5O/c1-2-14-10-6-5-9(17-18-10)12(19)16-11-8(13)4-3-7-15-11/h3-7H,2H2,1H3,(H,14,18)(H,15,16,19). The predicted molar refractivity (Wildman–Crippen MR) is 73.4 cm³/mol. The summed E-state index contributed by atoms with van der Waals surface area (Å²) in [6.07, 6.45) is 1.54. The van der Waals surface area contributed by atoms with Crippen LogP contribution in [0.3, 0.4) is 0 Å². The molecule has 1 amide bonds. The van der Waals surface area contributed by atoms with E-state index in [1.54, 1.807) is 30.5 Å². The number of rotatable bonds is 4. The molecule has 0 atom stereocenters. The molecule has 6 nitrogen and oxygen atoms in total. The lowest BCUT2D eigenvalue weighted by Gasteiger charge is -2.05. The van der Waals surface area contributed by atoms with Gasteiger partial charge in [-0.1, -0.05) is 11.6 Å². The Hall–Kier alpha value is -2.21. The molecule has 7 heteroatoms. The molecular formula is C12H12ClN5O. The Labute approximate surface area is 115 Å². The van der Waals surface area contributed by atoms with Crippen molar-refractivity contribution in [3.8, 4) is 0 Å². The summed E-state index contributed by atoms with van der Waals surface area (Å²) in [4.78, 5) is 15.9. The number of hydrogen-bond acceptors (Lipinski definition) is 5. The van der Waals surface area contributed by atoms with E-state index in [2.05, 4.69) is 25.8 Å². The van der Waals surface area contributed by atoms with Gasteiger partial charge in [0.25, 0.3) is 5.91 Å². The van der Waals surface area contributed by atoms with Crippen LogP contribution in [0.4, 0.5) is 11.6 Å². The van der Waals surface area contributed by atoms with Gasteiger partial charge in [-0.3, -0.25) is 4.79 Å². The van der Waals surface area contributed by atoms with Gasteiger partial charge in [0.05, 0.1) is 5.02 Å². The van der Waals surface area contributed by atoms with E-state index in [4.69, 9.17) is 11.6 Å². The molecule has 2 aromatic rings. The lowest BCUT2D eigenvalue weighted by Crippen LogP contribution is -2.16. The van der Waals surface area contributed by atoms with Crippen LogP contribution in [0.1, 0.15) is 17.4 Å². The van der Waals surface area contributed by atoms with Crippen molar-refractivity contribution >= 4 is 29.1 Å². The van der Waals surface area contributed by atoms with E-state index in [9.17, 15) is 4.79 Å². The fourth-order valence-electron chi connectivity index (χ4n) is 1.38. The third kappa shape index (κ3) is 3.38. The fraction of sp³-hybridized carbons (Fsp3) is 0.167. The fourth-order valence-corrected chi connectivity index (χ4v) is 1.55. The third-order valence-corrected chi connectivity index (χ3v) is 2.55. The first-order valence-corrected chi connectivity index (χ1v) is 6.08. The number of nitrogens with zero attached hydrogens (tertiary/aromatic N) is 3.